The van der Waals surface area contributed by atoms with Crippen LogP contribution < -0.4 is 10.1 Å². The van der Waals surface area contributed by atoms with Gasteiger partial charge in [0.05, 0.1) is 12.2 Å². The Morgan fingerprint density at radius 1 is 1.39 bits per heavy atom. The van der Waals surface area contributed by atoms with Gasteiger partial charge in [-0.25, -0.2) is 9.18 Å². The van der Waals surface area contributed by atoms with Crippen molar-refractivity contribution in [3.8, 4) is 5.75 Å². The summed E-state index contributed by atoms with van der Waals surface area (Å²) in [4.78, 5) is 13.8. The summed E-state index contributed by atoms with van der Waals surface area (Å²) in [5.41, 5.74) is 0.390. The van der Waals surface area contributed by atoms with Crippen molar-refractivity contribution in [3.05, 3.63) is 24.0 Å². The highest BCUT2D eigenvalue weighted by Gasteiger charge is 2.27. The summed E-state index contributed by atoms with van der Waals surface area (Å²) in [6.07, 6.45) is 3.42. The monoisotopic (exact) mass is 322 g/mol. The van der Waals surface area contributed by atoms with Gasteiger partial charge in [-0.3, -0.25) is 0 Å². The Hall–Kier alpha value is -1.82. The summed E-state index contributed by atoms with van der Waals surface area (Å²) in [5.74, 6) is -0.0450. The van der Waals surface area contributed by atoms with E-state index in [2.05, 4.69) is 5.32 Å². The van der Waals surface area contributed by atoms with Gasteiger partial charge < -0.3 is 20.1 Å². The number of anilines is 1. The summed E-state index contributed by atoms with van der Waals surface area (Å²) in [6, 6.07) is 4.14. The molecule has 2 atom stereocenters. The summed E-state index contributed by atoms with van der Waals surface area (Å²) in [7, 11) is 0. The second-order valence-corrected chi connectivity index (χ2v) is 6.53. The van der Waals surface area contributed by atoms with Gasteiger partial charge in [-0.1, -0.05) is 6.92 Å². The molecule has 2 N–H and O–H groups in total. The summed E-state index contributed by atoms with van der Waals surface area (Å²) >= 11 is 0. The average molecular weight is 322 g/mol. The molecule has 2 unspecified atom stereocenters. The van der Waals surface area contributed by atoms with Crippen LogP contribution in [0.25, 0.3) is 0 Å². The van der Waals surface area contributed by atoms with Gasteiger partial charge in [0.25, 0.3) is 0 Å². The number of rotatable bonds is 3. The minimum absolute atomic E-state index is 0.113. The average Bonchev–Trinajstić information content (AvgIpc) is 2.47. The van der Waals surface area contributed by atoms with Gasteiger partial charge in [0.1, 0.15) is 0 Å². The third-order valence-corrected chi connectivity index (χ3v) is 4.73. The van der Waals surface area contributed by atoms with Gasteiger partial charge in [0.15, 0.2) is 11.6 Å². The van der Waals surface area contributed by atoms with Crippen LogP contribution in [-0.2, 0) is 0 Å². The minimum Gasteiger partial charge on any atom is -0.487 e. The molecule has 1 aliphatic heterocycles. The van der Waals surface area contributed by atoms with Crippen LogP contribution in [-0.4, -0.2) is 41.3 Å². The number of ether oxygens (including phenoxy) is 1. The fourth-order valence-electron chi connectivity index (χ4n) is 2.78. The number of urea groups is 1. The number of hydrogen-bond donors (Lipinski definition) is 2. The lowest BCUT2D eigenvalue weighted by Gasteiger charge is -2.34. The first-order chi connectivity index (χ1) is 11.0. The molecule has 2 amide bonds. The number of amides is 2. The number of carbonyl (C=O) groups excluding carboxylic acids is 1. The number of benzene rings is 1. The topological polar surface area (TPSA) is 61.8 Å². The highest BCUT2D eigenvalue weighted by Crippen LogP contribution is 2.28. The highest BCUT2D eigenvalue weighted by atomic mass is 19.1. The minimum atomic E-state index is -0.510. The van der Waals surface area contributed by atoms with Crippen LogP contribution >= 0.6 is 0 Å². The lowest BCUT2D eigenvalue weighted by Crippen LogP contribution is -2.47. The molecule has 2 aliphatic rings. The Labute approximate surface area is 135 Å². The number of carbonyl (C=O) groups is 1. The first kappa shape index (κ1) is 16.1. The van der Waals surface area contributed by atoms with E-state index in [1.165, 1.54) is 6.07 Å². The standard InChI is InChI=1S/C17H23FN2O3/c1-11-7-8-20(10-15(11)21)17(22)19-12-5-6-16(14(18)9-12)23-13-3-2-4-13/h5-6,9,11,13,15,21H,2-4,7-8,10H2,1H3,(H,19,22). The summed E-state index contributed by atoms with van der Waals surface area (Å²) in [6.45, 7) is 2.86. The number of piperidine rings is 1. The van der Waals surface area contributed by atoms with Crippen LogP contribution in [0.2, 0.25) is 0 Å². The molecule has 0 bridgehead atoms. The second-order valence-electron chi connectivity index (χ2n) is 6.53. The second kappa shape index (κ2) is 6.74. The van der Waals surface area contributed by atoms with Crippen molar-refractivity contribution >= 4 is 11.7 Å². The zero-order valence-electron chi connectivity index (χ0n) is 13.3. The van der Waals surface area contributed by atoms with Crippen molar-refractivity contribution < 1.29 is 19.0 Å². The van der Waals surface area contributed by atoms with Crippen LogP contribution in [0.5, 0.6) is 5.75 Å². The molecule has 1 saturated carbocycles. The van der Waals surface area contributed by atoms with E-state index in [0.717, 1.165) is 25.7 Å². The number of halogens is 1. The first-order valence-corrected chi connectivity index (χ1v) is 8.23. The molecular weight excluding hydrogens is 299 g/mol. The van der Waals surface area contributed by atoms with Crippen LogP contribution in [0.15, 0.2) is 18.2 Å². The van der Waals surface area contributed by atoms with E-state index in [4.69, 9.17) is 4.74 Å². The molecule has 1 aromatic rings. The fraction of sp³-hybridized carbons (Fsp3) is 0.588. The van der Waals surface area contributed by atoms with Crippen LogP contribution in [0.3, 0.4) is 0 Å². The van der Waals surface area contributed by atoms with E-state index in [-0.39, 0.29) is 23.8 Å². The van der Waals surface area contributed by atoms with E-state index in [1.807, 2.05) is 6.92 Å². The Bertz CT molecular complexity index is 577. The third kappa shape index (κ3) is 3.75. The SMILES string of the molecule is CC1CCN(C(=O)Nc2ccc(OC3CCC3)c(F)c2)CC1O. The number of nitrogens with one attached hydrogen (secondary N) is 1. The Morgan fingerprint density at radius 2 is 2.17 bits per heavy atom. The smallest absolute Gasteiger partial charge is 0.321 e. The van der Waals surface area contributed by atoms with E-state index in [0.29, 0.717) is 18.8 Å². The van der Waals surface area contributed by atoms with E-state index >= 15 is 0 Å². The molecule has 0 aromatic heterocycles. The molecule has 1 saturated heterocycles. The number of β-amino-alcohol motifs (C(OH)–C–C–N with tert-alkyl or cyclic N) is 1. The van der Waals surface area contributed by atoms with Gasteiger partial charge in [-0.15, -0.1) is 0 Å². The van der Waals surface area contributed by atoms with E-state index in [1.54, 1.807) is 17.0 Å². The molecule has 126 valence electrons. The third-order valence-electron chi connectivity index (χ3n) is 4.73. The van der Waals surface area contributed by atoms with Gasteiger partial charge >= 0.3 is 6.03 Å². The van der Waals surface area contributed by atoms with Crippen molar-refractivity contribution in [2.45, 2.75) is 44.8 Å². The lowest BCUT2D eigenvalue weighted by atomic mass is 9.96. The van der Waals surface area contributed by atoms with Gasteiger partial charge in [0.2, 0.25) is 0 Å². The van der Waals surface area contributed by atoms with E-state index < -0.39 is 11.9 Å². The zero-order chi connectivity index (χ0) is 16.4. The number of hydrogen-bond acceptors (Lipinski definition) is 3. The maximum Gasteiger partial charge on any atom is 0.321 e. The Morgan fingerprint density at radius 3 is 2.78 bits per heavy atom. The maximum atomic E-state index is 14.0. The molecule has 1 heterocycles. The molecule has 23 heavy (non-hydrogen) atoms. The summed E-state index contributed by atoms with van der Waals surface area (Å²) < 4.78 is 19.6. The quantitative estimate of drug-likeness (QED) is 0.899. The largest absolute Gasteiger partial charge is 0.487 e. The number of nitrogens with zero attached hydrogens (tertiary/aromatic N) is 1. The Balaban J connectivity index is 1.58. The molecule has 5 nitrogen and oxygen atoms in total. The van der Waals surface area contributed by atoms with Crippen LogP contribution in [0.4, 0.5) is 14.9 Å². The zero-order valence-corrected chi connectivity index (χ0v) is 13.3. The lowest BCUT2D eigenvalue weighted by molar-refractivity contribution is 0.0464. The molecule has 6 heteroatoms. The molecule has 2 fully saturated rings. The first-order valence-electron chi connectivity index (χ1n) is 8.23. The van der Waals surface area contributed by atoms with Crippen molar-refractivity contribution in [1.82, 2.24) is 4.90 Å². The van der Waals surface area contributed by atoms with Gasteiger partial charge in [-0.2, -0.15) is 0 Å². The van der Waals surface area contributed by atoms with Crippen molar-refractivity contribution in [2.75, 3.05) is 18.4 Å². The van der Waals surface area contributed by atoms with Crippen LogP contribution in [0, 0.1) is 11.7 Å². The molecule has 3 rings (SSSR count). The van der Waals surface area contributed by atoms with Crippen LogP contribution in [0.1, 0.15) is 32.6 Å². The highest BCUT2D eigenvalue weighted by molar-refractivity contribution is 5.89. The van der Waals surface area contributed by atoms with E-state index in [9.17, 15) is 14.3 Å². The maximum absolute atomic E-state index is 14.0. The molecular formula is C17H23FN2O3. The number of aliphatic hydroxyl groups is 1. The van der Waals surface area contributed by atoms with Crippen molar-refractivity contribution in [1.29, 1.82) is 0 Å². The predicted octanol–water partition coefficient (Wildman–Crippen LogP) is 2.99. The van der Waals surface area contributed by atoms with Gasteiger partial charge in [0, 0.05) is 24.8 Å². The fourth-order valence-corrected chi connectivity index (χ4v) is 2.78. The Kier molecular flexibility index (Phi) is 4.71. The van der Waals surface area contributed by atoms with Gasteiger partial charge in [-0.05, 0) is 43.7 Å². The predicted molar refractivity (Wildman–Crippen MR) is 85.0 cm³/mol. The van der Waals surface area contributed by atoms with Crippen molar-refractivity contribution in [2.24, 2.45) is 5.92 Å². The molecule has 0 spiro atoms. The summed E-state index contributed by atoms with van der Waals surface area (Å²) in [5, 5.41) is 12.5. The molecule has 1 aromatic carbocycles. The van der Waals surface area contributed by atoms with Crippen molar-refractivity contribution in [3.63, 3.8) is 0 Å². The molecule has 1 aliphatic carbocycles. The molecule has 0 radical (unpaired) electrons. The normalized spacial score (nSPS) is 24.9. The number of aliphatic hydroxyl groups excluding tert-OH is 1. The number of likely N-dealkylation sites (tertiary alicyclic amines) is 1.